The Balaban J connectivity index is 1.57. The first-order valence-electron chi connectivity index (χ1n) is 13.0. The lowest BCUT2D eigenvalue weighted by molar-refractivity contribution is -0.123. The van der Waals surface area contributed by atoms with Gasteiger partial charge in [-0.15, -0.1) is 0 Å². The van der Waals surface area contributed by atoms with Crippen LogP contribution in [-0.2, 0) is 27.8 Å². The molecule has 40 heavy (non-hydrogen) atoms. The number of nitrogen functional groups attached to an aromatic ring is 1. The SMILES string of the molecule is Cc1ncnc2c1ncn2CC(=O)N[C@@H](Cc1ccccc1)[C@H](O)CN(CC(C)C)S(=O)(=O)c1ccc(N)cc1. The quantitative estimate of drug-likeness (QED) is 0.221. The second-order valence-electron chi connectivity index (χ2n) is 10.2. The van der Waals surface area contributed by atoms with E-state index in [9.17, 15) is 18.3 Å². The van der Waals surface area contributed by atoms with Gasteiger partial charge in [-0.3, -0.25) is 4.79 Å². The molecule has 0 saturated heterocycles. The Labute approximate surface area is 234 Å². The number of aryl methyl sites for hydroxylation is 1. The zero-order valence-electron chi connectivity index (χ0n) is 22.8. The summed E-state index contributed by atoms with van der Waals surface area (Å²) in [7, 11) is -3.93. The molecule has 4 aromatic rings. The summed E-state index contributed by atoms with van der Waals surface area (Å²) in [5.74, 6) is -0.370. The topological polar surface area (TPSA) is 156 Å². The minimum absolute atomic E-state index is 0.00195. The van der Waals surface area contributed by atoms with E-state index >= 15 is 0 Å². The summed E-state index contributed by atoms with van der Waals surface area (Å²) < 4.78 is 30.0. The number of benzene rings is 2. The van der Waals surface area contributed by atoms with Crippen molar-refractivity contribution in [3.63, 3.8) is 0 Å². The van der Waals surface area contributed by atoms with Gasteiger partial charge < -0.3 is 20.7 Å². The number of aromatic nitrogens is 4. The van der Waals surface area contributed by atoms with Crippen molar-refractivity contribution in [2.75, 3.05) is 18.8 Å². The van der Waals surface area contributed by atoms with E-state index < -0.39 is 22.2 Å². The number of aliphatic hydroxyl groups is 1. The van der Waals surface area contributed by atoms with Crippen LogP contribution in [0.2, 0.25) is 0 Å². The summed E-state index contributed by atoms with van der Waals surface area (Å²) in [6.45, 7) is 5.53. The molecular weight excluding hydrogens is 530 g/mol. The van der Waals surface area contributed by atoms with Crippen LogP contribution in [0.4, 0.5) is 5.69 Å². The van der Waals surface area contributed by atoms with E-state index in [-0.39, 0.29) is 36.4 Å². The molecule has 11 nitrogen and oxygen atoms in total. The summed E-state index contributed by atoms with van der Waals surface area (Å²) in [5.41, 5.74) is 8.93. The number of carbonyl (C=O) groups is 1. The molecule has 12 heteroatoms. The van der Waals surface area contributed by atoms with Crippen LogP contribution in [0, 0.1) is 12.8 Å². The number of carbonyl (C=O) groups excluding carboxylic acids is 1. The van der Waals surface area contributed by atoms with Crippen LogP contribution in [0.15, 0.2) is 72.1 Å². The van der Waals surface area contributed by atoms with Gasteiger partial charge in [0.15, 0.2) is 5.65 Å². The summed E-state index contributed by atoms with van der Waals surface area (Å²) >= 11 is 0. The van der Waals surface area contributed by atoms with Crippen molar-refractivity contribution in [3.05, 3.63) is 78.5 Å². The Morgan fingerprint density at radius 1 is 1.05 bits per heavy atom. The van der Waals surface area contributed by atoms with Gasteiger partial charge in [0, 0.05) is 18.8 Å². The van der Waals surface area contributed by atoms with E-state index in [0.29, 0.717) is 29.0 Å². The number of amides is 1. The third-order valence-electron chi connectivity index (χ3n) is 6.48. The molecule has 0 aliphatic heterocycles. The van der Waals surface area contributed by atoms with E-state index in [0.717, 1.165) is 5.56 Å². The van der Waals surface area contributed by atoms with Crippen LogP contribution in [0.5, 0.6) is 0 Å². The van der Waals surface area contributed by atoms with Crippen molar-refractivity contribution in [2.45, 2.75) is 50.8 Å². The predicted molar refractivity (Wildman–Crippen MR) is 153 cm³/mol. The second-order valence-corrected chi connectivity index (χ2v) is 12.2. The maximum atomic E-state index is 13.5. The van der Waals surface area contributed by atoms with Crippen LogP contribution >= 0.6 is 0 Å². The Morgan fingerprint density at radius 2 is 1.75 bits per heavy atom. The number of fused-ring (bicyclic) bond motifs is 1. The van der Waals surface area contributed by atoms with Crippen LogP contribution < -0.4 is 11.1 Å². The van der Waals surface area contributed by atoms with Gasteiger partial charge in [0.25, 0.3) is 0 Å². The highest BCUT2D eigenvalue weighted by atomic mass is 32.2. The molecule has 2 aromatic heterocycles. The number of imidazole rings is 1. The maximum Gasteiger partial charge on any atom is 0.243 e. The minimum atomic E-state index is -3.93. The lowest BCUT2D eigenvalue weighted by Gasteiger charge is -2.31. The summed E-state index contributed by atoms with van der Waals surface area (Å²) in [6, 6.07) is 14.6. The molecule has 0 unspecified atom stereocenters. The molecule has 2 atom stereocenters. The van der Waals surface area contributed by atoms with E-state index in [1.807, 2.05) is 51.1 Å². The summed E-state index contributed by atoms with van der Waals surface area (Å²) in [4.78, 5) is 26.0. The van der Waals surface area contributed by atoms with Gasteiger partial charge in [-0.2, -0.15) is 4.31 Å². The van der Waals surface area contributed by atoms with E-state index in [1.54, 1.807) is 4.57 Å². The highest BCUT2D eigenvalue weighted by molar-refractivity contribution is 7.89. The molecule has 0 spiro atoms. The van der Waals surface area contributed by atoms with Crippen molar-refractivity contribution >= 4 is 32.8 Å². The monoisotopic (exact) mass is 565 g/mol. The molecule has 0 bridgehead atoms. The molecule has 0 saturated carbocycles. The van der Waals surface area contributed by atoms with Crippen molar-refractivity contribution in [3.8, 4) is 0 Å². The van der Waals surface area contributed by atoms with Gasteiger partial charge in [-0.05, 0) is 49.1 Å². The van der Waals surface area contributed by atoms with Crippen molar-refractivity contribution in [2.24, 2.45) is 5.92 Å². The number of anilines is 1. The van der Waals surface area contributed by atoms with Gasteiger partial charge in [-0.25, -0.2) is 23.4 Å². The van der Waals surface area contributed by atoms with E-state index in [1.165, 1.54) is 41.2 Å². The average Bonchev–Trinajstić information content (AvgIpc) is 3.32. The number of aliphatic hydroxyl groups excluding tert-OH is 1. The van der Waals surface area contributed by atoms with Gasteiger partial charge in [0.2, 0.25) is 15.9 Å². The number of nitrogens with zero attached hydrogens (tertiary/aromatic N) is 5. The fourth-order valence-electron chi connectivity index (χ4n) is 4.47. The van der Waals surface area contributed by atoms with Crippen LogP contribution in [-0.4, -0.2) is 68.5 Å². The largest absolute Gasteiger partial charge is 0.399 e. The first-order chi connectivity index (χ1) is 19.0. The molecule has 0 radical (unpaired) electrons. The normalized spacial score (nSPS) is 13.6. The molecule has 2 aromatic carbocycles. The molecule has 0 aliphatic rings. The number of nitrogens with one attached hydrogen (secondary N) is 1. The summed E-state index contributed by atoms with van der Waals surface area (Å²) in [6.07, 6.45) is 2.05. The molecule has 0 fully saturated rings. The maximum absolute atomic E-state index is 13.5. The lowest BCUT2D eigenvalue weighted by atomic mass is 10.0. The number of hydrogen-bond acceptors (Lipinski definition) is 8. The van der Waals surface area contributed by atoms with Crippen LogP contribution in [0.25, 0.3) is 11.2 Å². The van der Waals surface area contributed by atoms with Crippen molar-refractivity contribution in [1.29, 1.82) is 0 Å². The Bertz CT molecular complexity index is 1540. The number of hydrogen-bond donors (Lipinski definition) is 3. The first-order valence-corrected chi connectivity index (χ1v) is 14.5. The zero-order chi connectivity index (χ0) is 28.9. The van der Waals surface area contributed by atoms with Crippen molar-refractivity contribution < 1.29 is 18.3 Å². The average molecular weight is 566 g/mol. The molecule has 212 valence electrons. The Morgan fingerprint density at radius 3 is 2.42 bits per heavy atom. The Hall–Kier alpha value is -3.87. The fourth-order valence-corrected chi connectivity index (χ4v) is 6.10. The molecule has 4 rings (SSSR count). The number of rotatable bonds is 12. The smallest absolute Gasteiger partial charge is 0.243 e. The standard InChI is InChI=1S/C28H35N7O4S/c1-19(2)14-35(40(38,39)23-11-9-22(29)10-12-23)15-25(36)24(13-21-7-5-4-6-8-21)33-26(37)16-34-18-32-27-20(3)30-17-31-28(27)34/h4-12,17-19,24-25,36H,13-16,29H2,1-3H3,(H,33,37)/t24-,25+/m0/s1. The third kappa shape index (κ3) is 7.00. The van der Waals surface area contributed by atoms with Crippen LogP contribution in [0.1, 0.15) is 25.1 Å². The first kappa shape index (κ1) is 29.1. The number of sulfonamides is 1. The van der Waals surface area contributed by atoms with Crippen molar-refractivity contribution in [1.82, 2.24) is 29.1 Å². The molecule has 2 heterocycles. The lowest BCUT2D eigenvalue weighted by Crippen LogP contribution is -2.51. The number of nitrogens with two attached hydrogens (primary N) is 1. The molecular formula is C28H35N7O4S. The highest BCUT2D eigenvalue weighted by Crippen LogP contribution is 2.20. The highest BCUT2D eigenvalue weighted by Gasteiger charge is 2.31. The predicted octanol–water partition coefficient (Wildman–Crippen LogP) is 2.15. The minimum Gasteiger partial charge on any atom is -0.399 e. The van der Waals surface area contributed by atoms with Crippen LogP contribution in [0.3, 0.4) is 0 Å². The van der Waals surface area contributed by atoms with E-state index in [4.69, 9.17) is 5.73 Å². The second kappa shape index (κ2) is 12.5. The molecule has 1 amide bonds. The third-order valence-corrected chi connectivity index (χ3v) is 8.33. The fraction of sp³-hybridized carbons (Fsp3) is 0.357. The molecule has 4 N–H and O–H groups in total. The Kier molecular flexibility index (Phi) is 9.13. The molecule has 0 aliphatic carbocycles. The summed E-state index contributed by atoms with van der Waals surface area (Å²) in [5, 5.41) is 14.3. The van der Waals surface area contributed by atoms with Gasteiger partial charge in [-0.1, -0.05) is 44.2 Å². The van der Waals surface area contributed by atoms with E-state index in [2.05, 4.69) is 20.3 Å². The zero-order valence-corrected chi connectivity index (χ0v) is 23.6. The van der Waals surface area contributed by atoms with Gasteiger partial charge in [0.05, 0.1) is 29.1 Å². The van der Waals surface area contributed by atoms with Gasteiger partial charge >= 0.3 is 0 Å². The van der Waals surface area contributed by atoms with Gasteiger partial charge in [0.1, 0.15) is 18.4 Å².